The molecule has 0 rings (SSSR count). The Morgan fingerprint density at radius 3 is 1.36 bits per heavy atom. The van der Waals surface area contributed by atoms with Crippen molar-refractivity contribution in [2.45, 2.75) is 93.4 Å². The van der Waals surface area contributed by atoms with Crippen molar-refractivity contribution in [3.8, 4) is 0 Å². The van der Waals surface area contributed by atoms with Gasteiger partial charge in [-0.25, -0.2) is 4.57 Å². The largest absolute Gasteiger partial charge is 0.386 e. The first-order valence-corrected chi connectivity index (χ1v) is 17.5. The molecule has 2 N–H and O–H groups in total. The van der Waals surface area contributed by atoms with Crippen LogP contribution in [0.25, 0.3) is 0 Å². The molecule has 204 valence electrons. The Morgan fingerprint density at radius 1 is 0.788 bits per heavy atom. The molecule has 0 heterocycles. The van der Waals surface area contributed by atoms with Crippen LogP contribution in [0.3, 0.4) is 0 Å². The van der Waals surface area contributed by atoms with Crippen molar-refractivity contribution in [3.05, 3.63) is 0 Å². The standard InChI is InChI=1S/C10H24NO3PS.C8H19NS.C3H9O3P/c1-6-14-15(12,13)16-8-7-11(9(2)3)10(4)5;1-7(2)9(5-6-10)8(3)4;1-3-6-7(2,4)5/h9-10H,6-8H2,1-5H3,(H,12,13);7-8,10H,5-6H2,1-4H3;3H2,1-2H3,(H,4,5). The summed E-state index contributed by atoms with van der Waals surface area (Å²) in [6, 6.07) is 2.19. The minimum atomic E-state index is -3.42. The molecule has 33 heavy (non-hydrogen) atoms. The fraction of sp³-hybridized carbons (Fsp3) is 1.00. The first kappa shape index (κ1) is 38.5. The Balaban J connectivity index is -0.000000451. The van der Waals surface area contributed by atoms with Crippen LogP contribution < -0.4 is 0 Å². The molecule has 0 aromatic heterocycles. The van der Waals surface area contributed by atoms with Crippen molar-refractivity contribution >= 4 is 38.4 Å². The van der Waals surface area contributed by atoms with Crippen molar-refractivity contribution < 1.29 is 28.0 Å². The lowest BCUT2D eigenvalue weighted by Gasteiger charge is -2.30. The summed E-state index contributed by atoms with van der Waals surface area (Å²) in [6.07, 6.45) is 0. The minimum Gasteiger partial charge on any atom is -0.324 e. The highest BCUT2D eigenvalue weighted by molar-refractivity contribution is 8.54. The zero-order valence-corrected chi connectivity index (χ0v) is 26.2. The van der Waals surface area contributed by atoms with Crippen LogP contribution >= 0.6 is 38.4 Å². The van der Waals surface area contributed by atoms with Crippen LogP contribution in [-0.4, -0.2) is 88.2 Å². The zero-order valence-electron chi connectivity index (χ0n) is 22.7. The maximum atomic E-state index is 11.4. The second-order valence-electron chi connectivity index (χ2n) is 8.51. The summed E-state index contributed by atoms with van der Waals surface area (Å²) in [5.74, 6) is 1.57. The molecule has 0 aliphatic heterocycles. The van der Waals surface area contributed by atoms with Gasteiger partial charge >= 0.3 is 14.4 Å². The monoisotopic (exact) mass is 554 g/mol. The number of thiol groups is 1. The molecule has 0 radical (unpaired) electrons. The van der Waals surface area contributed by atoms with Crippen molar-refractivity contribution in [2.75, 3.05) is 44.5 Å². The van der Waals surface area contributed by atoms with E-state index in [1.165, 1.54) is 0 Å². The Labute approximate surface area is 213 Å². The Hall–Kier alpha value is 0.920. The molecule has 12 heteroatoms. The third kappa shape index (κ3) is 25.8. The van der Waals surface area contributed by atoms with Gasteiger partial charge in [-0.1, -0.05) is 0 Å². The van der Waals surface area contributed by atoms with Gasteiger partial charge in [0, 0.05) is 55.4 Å². The van der Waals surface area contributed by atoms with E-state index in [1.807, 2.05) is 0 Å². The molecule has 0 saturated heterocycles. The maximum Gasteiger partial charge on any atom is 0.386 e. The van der Waals surface area contributed by atoms with Crippen LogP contribution in [0.4, 0.5) is 0 Å². The van der Waals surface area contributed by atoms with Crippen LogP contribution in [0.15, 0.2) is 0 Å². The highest BCUT2D eigenvalue weighted by Gasteiger charge is 2.21. The summed E-state index contributed by atoms with van der Waals surface area (Å²) in [7, 11) is -3.17. The fourth-order valence-corrected chi connectivity index (χ4v) is 6.15. The van der Waals surface area contributed by atoms with Crippen molar-refractivity contribution in [3.63, 3.8) is 0 Å². The van der Waals surface area contributed by atoms with E-state index in [9.17, 15) is 14.0 Å². The summed E-state index contributed by atoms with van der Waals surface area (Å²) in [5.41, 5.74) is 0. The Kier molecular flexibility index (Phi) is 24.5. The lowest BCUT2D eigenvalue weighted by Crippen LogP contribution is -2.38. The van der Waals surface area contributed by atoms with Gasteiger partial charge in [0.2, 0.25) is 0 Å². The van der Waals surface area contributed by atoms with Gasteiger partial charge in [0.25, 0.3) is 0 Å². The molecule has 0 aromatic carbocycles. The summed E-state index contributed by atoms with van der Waals surface area (Å²) in [6.45, 7) is 21.0. The molecule has 0 aromatic rings. The minimum absolute atomic E-state index is 0.277. The molecule has 0 fully saturated rings. The smallest absolute Gasteiger partial charge is 0.324 e. The number of hydrogen-bond donors (Lipinski definition) is 3. The van der Waals surface area contributed by atoms with Gasteiger partial charge in [-0.3, -0.25) is 14.4 Å². The molecule has 8 nitrogen and oxygen atoms in total. The van der Waals surface area contributed by atoms with E-state index < -0.39 is 14.4 Å². The van der Waals surface area contributed by atoms with E-state index in [4.69, 9.17) is 9.42 Å². The first-order chi connectivity index (χ1) is 15.0. The van der Waals surface area contributed by atoms with E-state index >= 15 is 0 Å². The van der Waals surface area contributed by atoms with Crippen molar-refractivity contribution in [2.24, 2.45) is 0 Å². The first-order valence-electron chi connectivity index (χ1n) is 11.6. The molecule has 2 unspecified atom stereocenters. The predicted octanol–water partition coefficient (Wildman–Crippen LogP) is 5.85. The van der Waals surface area contributed by atoms with Crippen LogP contribution in [0.5, 0.6) is 0 Å². The topological polar surface area (TPSA) is 99.5 Å². The Morgan fingerprint density at radius 2 is 1.15 bits per heavy atom. The maximum absolute atomic E-state index is 11.4. The van der Waals surface area contributed by atoms with Gasteiger partial charge in [0.1, 0.15) is 0 Å². The molecule has 0 bridgehead atoms. The second kappa shape index (κ2) is 21.0. The van der Waals surface area contributed by atoms with Crippen LogP contribution in [0.1, 0.15) is 69.2 Å². The van der Waals surface area contributed by atoms with E-state index in [0.717, 1.165) is 36.9 Å². The van der Waals surface area contributed by atoms with Crippen molar-refractivity contribution in [1.29, 1.82) is 0 Å². The van der Waals surface area contributed by atoms with Gasteiger partial charge in [-0.15, -0.1) is 0 Å². The molecule has 0 saturated carbocycles. The predicted molar refractivity (Wildman–Crippen MR) is 149 cm³/mol. The molecular weight excluding hydrogens is 502 g/mol. The molecular formula is C21H52N2O6P2S2. The molecule has 0 aliphatic rings. The molecule has 0 amide bonds. The molecule has 2 atom stereocenters. The van der Waals surface area contributed by atoms with E-state index in [-0.39, 0.29) is 6.61 Å². The second-order valence-corrected chi connectivity index (χ2v) is 14.8. The molecule has 0 spiro atoms. The average Bonchev–Trinajstić information content (AvgIpc) is 2.62. The molecule has 0 aliphatic carbocycles. The average molecular weight is 555 g/mol. The summed E-state index contributed by atoms with van der Waals surface area (Å²) < 4.78 is 30.7. The van der Waals surface area contributed by atoms with Gasteiger partial charge in [-0.2, -0.15) is 12.6 Å². The fourth-order valence-electron chi connectivity index (χ4n) is 3.04. The SMILES string of the molecule is CC(C)N(CCS)C(C)C.CCOP(=O)(O)SCCN(C(C)C)C(C)C.CCOP(C)(=O)O. The Bertz CT molecular complexity index is 533. The van der Waals surface area contributed by atoms with Gasteiger partial charge in [-0.05, 0) is 80.6 Å². The lowest BCUT2D eigenvalue weighted by molar-refractivity contribution is 0.187. The highest BCUT2D eigenvalue weighted by atomic mass is 32.7. The van der Waals surface area contributed by atoms with Gasteiger partial charge < -0.3 is 18.8 Å². The van der Waals surface area contributed by atoms with E-state index in [0.29, 0.717) is 36.5 Å². The van der Waals surface area contributed by atoms with Crippen LogP contribution in [0.2, 0.25) is 0 Å². The van der Waals surface area contributed by atoms with Crippen LogP contribution in [0, 0.1) is 0 Å². The highest BCUT2D eigenvalue weighted by Crippen LogP contribution is 2.55. The summed E-state index contributed by atoms with van der Waals surface area (Å²) in [4.78, 5) is 22.5. The third-order valence-electron chi connectivity index (χ3n) is 4.28. The number of nitrogens with zero attached hydrogens (tertiary/aromatic N) is 2. The van der Waals surface area contributed by atoms with E-state index in [2.05, 4.69) is 82.3 Å². The lowest BCUT2D eigenvalue weighted by atomic mass is 10.2. The normalized spacial score (nSPS) is 15.4. The van der Waals surface area contributed by atoms with Gasteiger partial charge in [0.15, 0.2) is 0 Å². The third-order valence-corrected chi connectivity index (χ3v) is 8.33. The number of rotatable bonds is 14. The van der Waals surface area contributed by atoms with E-state index in [1.54, 1.807) is 13.8 Å². The number of hydrogen-bond acceptors (Lipinski definition) is 8. The summed E-state index contributed by atoms with van der Waals surface area (Å²) in [5, 5.41) is 0. The quantitative estimate of drug-likeness (QED) is 0.180. The van der Waals surface area contributed by atoms with Gasteiger partial charge in [0.05, 0.1) is 13.2 Å². The van der Waals surface area contributed by atoms with Crippen LogP contribution in [-0.2, 0) is 18.2 Å². The van der Waals surface area contributed by atoms with Crippen molar-refractivity contribution in [1.82, 2.24) is 9.80 Å². The zero-order chi connectivity index (χ0) is 26.8. The summed E-state index contributed by atoms with van der Waals surface area (Å²) >= 11 is 5.22.